The van der Waals surface area contributed by atoms with Crippen molar-refractivity contribution < 1.29 is 9.53 Å². The molecule has 0 radical (unpaired) electrons. The van der Waals surface area contributed by atoms with E-state index in [0.717, 1.165) is 61.8 Å². The minimum Gasteiger partial charge on any atom is -0.496 e. The lowest BCUT2D eigenvalue weighted by atomic mass is 9.91. The fourth-order valence-corrected chi connectivity index (χ4v) is 4.59. The number of carbonyl (C=O) groups is 1. The molecule has 1 aliphatic rings. The second-order valence-corrected chi connectivity index (χ2v) is 8.35. The van der Waals surface area contributed by atoms with Crippen molar-refractivity contribution in [2.75, 3.05) is 33.3 Å². The van der Waals surface area contributed by atoms with Gasteiger partial charge in [0, 0.05) is 44.1 Å². The summed E-state index contributed by atoms with van der Waals surface area (Å²) in [6, 6.07) is 16.4. The number of hydrogen-bond acceptors (Lipinski definition) is 4. The number of aromatic amines is 1. The Morgan fingerprint density at radius 2 is 1.88 bits per heavy atom. The minimum atomic E-state index is -0.102. The number of ether oxygens (including phenoxy) is 1. The van der Waals surface area contributed by atoms with Gasteiger partial charge < -0.3 is 14.6 Å². The first-order valence-corrected chi connectivity index (χ1v) is 11.4. The number of amides is 1. The Labute approximate surface area is 190 Å². The molecule has 168 valence electrons. The third kappa shape index (κ3) is 5.02. The van der Waals surface area contributed by atoms with Crippen LogP contribution in [0.25, 0.3) is 11.1 Å². The number of methoxy groups -OCH3 is 1. The molecule has 0 unspecified atom stereocenters. The molecule has 1 fully saturated rings. The van der Waals surface area contributed by atoms with Crippen molar-refractivity contribution in [1.82, 2.24) is 19.8 Å². The van der Waals surface area contributed by atoms with Gasteiger partial charge >= 0.3 is 0 Å². The molecule has 0 spiro atoms. The van der Waals surface area contributed by atoms with Crippen LogP contribution < -0.4 is 4.74 Å². The van der Waals surface area contributed by atoms with E-state index in [2.05, 4.69) is 46.1 Å². The lowest BCUT2D eigenvalue weighted by Crippen LogP contribution is -2.37. The Bertz CT molecular complexity index is 1020. The molecule has 6 nitrogen and oxygen atoms in total. The smallest absolute Gasteiger partial charge is 0.227 e. The van der Waals surface area contributed by atoms with E-state index in [1.165, 1.54) is 5.56 Å². The number of nitrogens with one attached hydrogen (secondary N) is 1. The highest BCUT2D eigenvalue weighted by molar-refractivity contribution is 5.81. The Morgan fingerprint density at radius 3 is 2.62 bits per heavy atom. The van der Waals surface area contributed by atoms with E-state index in [4.69, 9.17) is 4.74 Å². The standard InChI is InChI=1S/C26H32N4O2/c1-3-14-30-16-15-29(19-25-27-12-13-28-25)18-21(26(30)31)17-20-8-4-5-9-22(20)23-10-6-7-11-24(23)32-2/h4-13,21H,3,14-19H2,1-2H3,(H,27,28)/t21-/m1/s1. The van der Waals surface area contributed by atoms with Crippen molar-refractivity contribution in [2.45, 2.75) is 26.3 Å². The summed E-state index contributed by atoms with van der Waals surface area (Å²) in [5.41, 5.74) is 3.36. The molecule has 1 aliphatic heterocycles. The quantitative estimate of drug-likeness (QED) is 0.585. The first-order valence-electron chi connectivity index (χ1n) is 11.4. The molecule has 2 aromatic carbocycles. The van der Waals surface area contributed by atoms with Gasteiger partial charge in [0.25, 0.3) is 0 Å². The van der Waals surface area contributed by atoms with Crippen LogP contribution in [0.15, 0.2) is 60.9 Å². The van der Waals surface area contributed by atoms with Gasteiger partial charge in [0.2, 0.25) is 5.91 Å². The molecule has 4 rings (SSSR count). The van der Waals surface area contributed by atoms with Crippen LogP contribution in [0, 0.1) is 5.92 Å². The highest BCUT2D eigenvalue weighted by atomic mass is 16.5. The van der Waals surface area contributed by atoms with Crippen LogP contribution in [0.4, 0.5) is 0 Å². The molecular formula is C26H32N4O2. The van der Waals surface area contributed by atoms with Gasteiger partial charge in [0.1, 0.15) is 11.6 Å². The van der Waals surface area contributed by atoms with E-state index in [0.29, 0.717) is 6.42 Å². The largest absolute Gasteiger partial charge is 0.496 e. The number of benzene rings is 2. The number of hydrogen-bond donors (Lipinski definition) is 1. The van der Waals surface area contributed by atoms with Gasteiger partial charge in [-0.15, -0.1) is 0 Å². The lowest BCUT2D eigenvalue weighted by molar-refractivity contribution is -0.134. The Balaban J connectivity index is 1.62. The summed E-state index contributed by atoms with van der Waals surface area (Å²) in [6.45, 7) is 6.00. The summed E-state index contributed by atoms with van der Waals surface area (Å²) in [5.74, 6) is 1.94. The molecule has 1 aromatic heterocycles. The van der Waals surface area contributed by atoms with Gasteiger partial charge in [-0.05, 0) is 30.0 Å². The molecule has 1 saturated heterocycles. The highest BCUT2D eigenvalue weighted by Gasteiger charge is 2.31. The van der Waals surface area contributed by atoms with Gasteiger partial charge in [0.05, 0.1) is 19.6 Å². The van der Waals surface area contributed by atoms with E-state index in [1.807, 2.05) is 35.4 Å². The van der Waals surface area contributed by atoms with Crippen LogP contribution in [-0.2, 0) is 17.8 Å². The molecule has 1 atom stereocenters. The zero-order valence-electron chi connectivity index (χ0n) is 19.0. The van der Waals surface area contributed by atoms with E-state index < -0.39 is 0 Å². The predicted octanol–water partition coefficient (Wildman–Crippen LogP) is 4.00. The number of para-hydroxylation sites is 1. The molecule has 0 bridgehead atoms. The second-order valence-electron chi connectivity index (χ2n) is 8.35. The second kappa shape index (κ2) is 10.5. The van der Waals surface area contributed by atoms with Gasteiger partial charge in [-0.1, -0.05) is 49.4 Å². The molecule has 1 amide bonds. The molecular weight excluding hydrogens is 400 g/mol. The fourth-order valence-electron chi connectivity index (χ4n) is 4.59. The van der Waals surface area contributed by atoms with Crippen LogP contribution in [0.5, 0.6) is 5.75 Å². The van der Waals surface area contributed by atoms with E-state index in [9.17, 15) is 4.79 Å². The maximum absolute atomic E-state index is 13.5. The van der Waals surface area contributed by atoms with Gasteiger partial charge in [-0.2, -0.15) is 0 Å². The summed E-state index contributed by atoms with van der Waals surface area (Å²) in [4.78, 5) is 25.5. The van der Waals surface area contributed by atoms with E-state index in [1.54, 1.807) is 13.3 Å². The summed E-state index contributed by atoms with van der Waals surface area (Å²) in [5, 5.41) is 0. The van der Waals surface area contributed by atoms with Crippen molar-refractivity contribution in [2.24, 2.45) is 5.92 Å². The molecule has 32 heavy (non-hydrogen) atoms. The number of rotatable bonds is 8. The molecule has 3 aromatic rings. The van der Waals surface area contributed by atoms with Crippen LogP contribution in [-0.4, -0.2) is 59.0 Å². The van der Waals surface area contributed by atoms with E-state index >= 15 is 0 Å². The predicted molar refractivity (Wildman–Crippen MR) is 126 cm³/mol. The summed E-state index contributed by atoms with van der Waals surface area (Å²) < 4.78 is 5.62. The molecule has 0 saturated carbocycles. The Morgan fingerprint density at radius 1 is 1.09 bits per heavy atom. The third-order valence-corrected chi connectivity index (χ3v) is 6.13. The number of nitrogens with zero attached hydrogens (tertiary/aromatic N) is 3. The normalized spacial score (nSPS) is 17.4. The van der Waals surface area contributed by atoms with Crippen LogP contribution in [0.1, 0.15) is 24.7 Å². The van der Waals surface area contributed by atoms with Crippen LogP contribution in [0.3, 0.4) is 0 Å². The van der Waals surface area contributed by atoms with E-state index in [-0.39, 0.29) is 11.8 Å². The van der Waals surface area contributed by atoms with Crippen LogP contribution in [0.2, 0.25) is 0 Å². The van der Waals surface area contributed by atoms with Crippen molar-refractivity contribution >= 4 is 5.91 Å². The number of imidazole rings is 1. The topological polar surface area (TPSA) is 61.5 Å². The Hall–Kier alpha value is -3.12. The number of aromatic nitrogens is 2. The van der Waals surface area contributed by atoms with Crippen molar-refractivity contribution in [3.63, 3.8) is 0 Å². The average Bonchev–Trinajstić information content (AvgIpc) is 3.29. The SMILES string of the molecule is CCCN1CCN(Cc2ncc[nH]2)C[C@@H](Cc2ccccc2-c2ccccc2OC)C1=O. The maximum atomic E-state index is 13.5. The average molecular weight is 433 g/mol. The lowest BCUT2D eigenvalue weighted by Gasteiger charge is -2.24. The molecule has 6 heteroatoms. The van der Waals surface area contributed by atoms with Gasteiger partial charge in [0.15, 0.2) is 0 Å². The Kier molecular flexibility index (Phi) is 7.22. The maximum Gasteiger partial charge on any atom is 0.227 e. The number of carbonyl (C=O) groups excluding carboxylic acids is 1. The summed E-state index contributed by atoms with van der Waals surface area (Å²) in [6.07, 6.45) is 5.29. The van der Waals surface area contributed by atoms with Gasteiger partial charge in [-0.3, -0.25) is 9.69 Å². The molecule has 0 aliphatic carbocycles. The summed E-state index contributed by atoms with van der Waals surface area (Å²) in [7, 11) is 1.70. The first-order chi connectivity index (χ1) is 15.7. The molecule has 1 N–H and O–H groups in total. The van der Waals surface area contributed by atoms with Crippen LogP contribution >= 0.6 is 0 Å². The summed E-state index contributed by atoms with van der Waals surface area (Å²) >= 11 is 0. The van der Waals surface area contributed by atoms with Crippen molar-refractivity contribution in [1.29, 1.82) is 0 Å². The van der Waals surface area contributed by atoms with Crippen molar-refractivity contribution in [3.05, 3.63) is 72.3 Å². The zero-order valence-corrected chi connectivity index (χ0v) is 19.0. The first kappa shape index (κ1) is 22.1. The molecule has 2 heterocycles. The van der Waals surface area contributed by atoms with Crippen molar-refractivity contribution in [3.8, 4) is 16.9 Å². The minimum absolute atomic E-state index is 0.102. The van der Waals surface area contributed by atoms with Gasteiger partial charge in [-0.25, -0.2) is 4.98 Å². The fraction of sp³-hybridized carbons (Fsp3) is 0.385. The monoisotopic (exact) mass is 432 g/mol. The number of H-pyrrole nitrogens is 1. The third-order valence-electron chi connectivity index (χ3n) is 6.13. The highest BCUT2D eigenvalue weighted by Crippen LogP contribution is 2.33. The zero-order chi connectivity index (χ0) is 22.3.